The topological polar surface area (TPSA) is 67.8 Å². The molecule has 5 heteroatoms. The molecule has 3 aromatic rings. The van der Waals surface area contributed by atoms with E-state index < -0.39 is 0 Å². The standard InChI is InChI=1S/C24H26N4O/c1-17-7-9-20(10-8-17)23-26-16-21(22(28-23)19-11-13-25-14-12-19)24(29)27-15-18-5-3-2-4-6-18/h7-14,16,18H,2-6,15H2,1H3,(H,27,29). The van der Waals surface area contributed by atoms with Gasteiger partial charge in [0.25, 0.3) is 5.91 Å². The number of benzene rings is 1. The molecule has 4 rings (SSSR count). The van der Waals surface area contributed by atoms with Crippen LogP contribution in [0.5, 0.6) is 0 Å². The second-order valence-corrected chi connectivity index (χ2v) is 7.77. The fraction of sp³-hybridized carbons (Fsp3) is 0.333. The molecule has 1 fully saturated rings. The zero-order valence-corrected chi connectivity index (χ0v) is 16.8. The van der Waals surface area contributed by atoms with Crippen LogP contribution in [0.4, 0.5) is 0 Å². The molecule has 1 amide bonds. The van der Waals surface area contributed by atoms with Gasteiger partial charge in [-0.3, -0.25) is 9.78 Å². The van der Waals surface area contributed by atoms with E-state index in [0.29, 0.717) is 29.5 Å². The van der Waals surface area contributed by atoms with Crippen LogP contribution < -0.4 is 5.32 Å². The second-order valence-electron chi connectivity index (χ2n) is 7.77. The Balaban J connectivity index is 1.63. The van der Waals surface area contributed by atoms with Gasteiger partial charge in [-0.25, -0.2) is 9.97 Å². The number of aryl methyl sites for hydroxylation is 1. The molecule has 1 aliphatic rings. The van der Waals surface area contributed by atoms with Crippen LogP contribution in [0.1, 0.15) is 48.0 Å². The Kier molecular flexibility index (Phi) is 5.94. The van der Waals surface area contributed by atoms with E-state index in [9.17, 15) is 4.79 Å². The van der Waals surface area contributed by atoms with Crippen LogP contribution in [0.2, 0.25) is 0 Å². The molecule has 0 atom stereocenters. The van der Waals surface area contributed by atoms with Crippen LogP contribution in [0.3, 0.4) is 0 Å². The van der Waals surface area contributed by atoms with Gasteiger partial charge in [0.1, 0.15) is 0 Å². The molecule has 1 saturated carbocycles. The van der Waals surface area contributed by atoms with Crippen molar-refractivity contribution in [3.63, 3.8) is 0 Å². The first-order chi connectivity index (χ1) is 14.2. The first-order valence-corrected chi connectivity index (χ1v) is 10.3. The predicted octanol–water partition coefficient (Wildman–Crippen LogP) is 4.82. The minimum absolute atomic E-state index is 0.113. The third-order valence-corrected chi connectivity index (χ3v) is 5.57. The van der Waals surface area contributed by atoms with Crippen molar-refractivity contribution in [2.75, 3.05) is 6.54 Å². The SMILES string of the molecule is Cc1ccc(-c2ncc(C(=O)NCC3CCCCC3)c(-c3ccncc3)n2)cc1. The van der Waals surface area contributed by atoms with Crippen molar-refractivity contribution in [3.8, 4) is 22.6 Å². The van der Waals surface area contributed by atoms with Crippen molar-refractivity contribution in [2.24, 2.45) is 5.92 Å². The Hall–Kier alpha value is -3.08. The van der Waals surface area contributed by atoms with Crippen LogP contribution in [0, 0.1) is 12.8 Å². The molecule has 2 aromatic heterocycles. The van der Waals surface area contributed by atoms with Crippen LogP contribution in [0.25, 0.3) is 22.6 Å². The van der Waals surface area contributed by atoms with Gasteiger partial charge in [0.15, 0.2) is 5.82 Å². The summed E-state index contributed by atoms with van der Waals surface area (Å²) in [6, 6.07) is 11.8. The number of aromatic nitrogens is 3. The molecule has 0 bridgehead atoms. The largest absolute Gasteiger partial charge is 0.352 e. The summed E-state index contributed by atoms with van der Waals surface area (Å²) in [6.07, 6.45) is 11.3. The average molecular weight is 386 g/mol. The number of carbonyl (C=O) groups is 1. The Morgan fingerprint density at radius 3 is 2.45 bits per heavy atom. The quantitative estimate of drug-likeness (QED) is 0.682. The van der Waals surface area contributed by atoms with Gasteiger partial charge in [-0.05, 0) is 37.8 Å². The normalized spacial score (nSPS) is 14.5. The lowest BCUT2D eigenvalue weighted by molar-refractivity contribution is 0.0943. The molecule has 0 spiro atoms. The van der Waals surface area contributed by atoms with Crippen LogP contribution in [0.15, 0.2) is 55.0 Å². The lowest BCUT2D eigenvalue weighted by Crippen LogP contribution is -2.31. The van der Waals surface area contributed by atoms with E-state index in [2.05, 4.69) is 15.3 Å². The van der Waals surface area contributed by atoms with Gasteiger partial charge in [0.05, 0.1) is 11.3 Å². The highest BCUT2D eigenvalue weighted by atomic mass is 16.1. The highest BCUT2D eigenvalue weighted by Crippen LogP contribution is 2.26. The smallest absolute Gasteiger partial charge is 0.255 e. The number of carbonyl (C=O) groups excluding carboxylic acids is 1. The highest BCUT2D eigenvalue weighted by molar-refractivity contribution is 5.99. The van der Waals surface area contributed by atoms with Crippen molar-refractivity contribution in [1.82, 2.24) is 20.3 Å². The van der Waals surface area contributed by atoms with E-state index in [4.69, 9.17) is 4.98 Å². The van der Waals surface area contributed by atoms with E-state index in [0.717, 1.165) is 11.1 Å². The zero-order valence-electron chi connectivity index (χ0n) is 16.8. The minimum atomic E-state index is -0.113. The maximum absolute atomic E-state index is 13.0. The molecule has 0 radical (unpaired) electrons. The Morgan fingerprint density at radius 1 is 1.00 bits per heavy atom. The van der Waals surface area contributed by atoms with E-state index in [1.807, 2.05) is 43.3 Å². The van der Waals surface area contributed by atoms with Gasteiger partial charge in [0.2, 0.25) is 0 Å². The second kappa shape index (κ2) is 8.95. The molecule has 2 heterocycles. The first kappa shape index (κ1) is 19.2. The summed E-state index contributed by atoms with van der Waals surface area (Å²) in [6.45, 7) is 2.76. The van der Waals surface area contributed by atoms with Crippen LogP contribution >= 0.6 is 0 Å². The van der Waals surface area contributed by atoms with Crippen LogP contribution in [-0.4, -0.2) is 27.4 Å². The predicted molar refractivity (Wildman–Crippen MR) is 114 cm³/mol. The van der Waals surface area contributed by atoms with Gasteiger partial charge in [-0.15, -0.1) is 0 Å². The first-order valence-electron chi connectivity index (χ1n) is 10.3. The van der Waals surface area contributed by atoms with E-state index in [1.54, 1.807) is 18.6 Å². The molecule has 1 aromatic carbocycles. The number of hydrogen-bond acceptors (Lipinski definition) is 4. The molecule has 1 N–H and O–H groups in total. The van der Waals surface area contributed by atoms with Gasteiger partial charge < -0.3 is 5.32 Å². The molecular weight excluding hydrogens is 360 g/mol. The summed E-state index contributed by atoms with van der Waals surface area (Å²) in [5.41, 5.74) is 4.11. The fourth-order valence-electron chi connectivity index (χ4n) is 3.84. The summed E-state index contributed by atoms with van der Waals surface area (Å²) < 4.78 is 0. The molecule has 148 valence electrons. The maximum Gasteiger partial charge on any atom is 0.255 e. The van der Waals surface area contributed by atoms with Gasteiger partial charge in [-0.1, -0.05) is 49.1 Å². The summed E-state index contributed by atoms with van der Waals surface area (Å²) in [5.74, 6) is 1.07. The van der Waals surface area contributed by atoms with Gasteiger partial charge in [0, 0.05) is 36.3 Å². The Bertz CT molecular complexity index is 964. The van der Waals surface area contributed by atoms with Crippen LogP contribution in [-0.2, 0) is 0 Å². The minimum Gasteiger partial charge on any atom is -0.352 e. The average Bonchev–Trinajstić information content (AvgIpc) is 2.79. The lowest BCUT2D eigenvalue weighted by Gasteiger charge is -2.22. The van der Waals surface area contributed by atoms with Crippen molar-refractivity contribution < 1.29 is 4.79 Å². The number of hydrogen-bond donors (Lipinski definition) is 1. The Labute approximate surface area is 171 Å². The van der Waals surface area contributed by atoms with Gasteiger partial charge >= 0.3 is 0 Å². The number of nitrogens with one attached hydrogen (secondary N) is 1. The molecule has 0 aliphatic heterocycles. The zero-order chi connectivity index (χ0) is 20.1. The summed E-state index contributed by atoms with van der Waals surface area (Å²) >= 11 is 0. The molecule has 0 saturated heterocycles. The molecular formula is C24H26N4O. The van der Waals surface area contributed by atoms with E-state index in [1.165, 1.54) is 37.7 Å². The number of amides is 1. The third-order valence-electron chi connectivity index (χ3n) is 5.57. The van der Waals surface area contributed by atoms with E-state index >= 15 is 0 Å². The number of pyridine rings is 1. The number of rotatable bonds is 5. The highest BCUT2D eigenvalue weighted by Gasteiger charge is 2.19. The molecule has 29 heavy (non-hydrogen) atoms. The maximum atomic E-state index is 13.0. The Morgan fingerprint density at radius 2 is 1.72 bits per heavy atom. The number of nitrogens with zero attached hydrogens (tertiary/aromatic N) is 3. The molecule has 1 aliphatic carbocycles. The summed E-state index contributed by atoms with van der Waals surface area (Å²) in [5, 5.41) is 3.11. The molecule has 0 unspecified atom stereocenters. The lowest BCUT2D eigenvalue weighted by atomic mass is 9.89. The van der Waals surface area contributed by atoms with E-state index in [-0.39, 0.29) is 5.91 Å². The monoisotopic (exact) mass is 386 g/mol. The summed E-state index contributed by atoms with van der Waals surface area (Å²) in [7, 11) is 0. The fourth-order valence-corrected chi connectivity index (χ4v) is 3.84. The van der Waals surface area contributed by atoms with Crippen molar-refractivity contribution in [1.29, 1.82) is 0 Å². The van der Waals surface area contributed by atoms with Gasteiger partial charge in [-0.2, -0.15) is 0 Å². The summed E-state index contributed by atoms with van der Waals surface area (Å²) in [4.78, 5) is 26.3. The third kappa shape index (κ3) is 4.67. The molecule has 5 nitrogen and oxygen atoms in total. The van der Waals surface area contributed by atoms with Crippen molar-refractivity contribution in [2.45, 2.75) is 39.0 Å². The van der Waals surface area contributed by atoms with Crippen molar-refractivity contribution >= 4 is 5.91 Å². The van der Waals surface area contributed by atoms with Crippen molar-refractivity contribution in [3.05, 3.63) is 66.1 Å².